The number of aliphatic carboxylic acids is 4. The van der Waals surface area contributed by atoms with Gasteiger partial charge in [-0.3, -0.25) is 0 Å². The van der Waals surface area contributed by atoms with Crippen LogP contribution in [-0.4, -0.2) is 73.9 Å². The Labute approximate surface area is 346 Å². The molecule has 0 amide bonds. The van der Waals surface area contributed by atoms with E-state index in [1.54, 1.807) is 0 Å². The van der Waals surface area contributed by atoms with Gasteiger partial charge in [-0.2, -0.15) is 0 Å². The molecule has 0 bridgehead atoms. The molecule has 8 nitrogen and oxygen atoms in total. The fourth-order valence-corrected chi connectivity index (χ4v) is 6.51. The van der Waals surface area contributed by atoms with E-state index in [1.165, 1.54) is 167 Å². The molecule has 306 valence electrons. The second kappa shape index (κ2) is 44.8. The van der Waals surface area contributed by atoms with Gasteiger partial charge in [0.25, 0.3) is 0 Å². The zero-order chi connectivity index (χ0) is 38.9. The first-order valence-electron chi connectivity index (χ1n) is 21.5. The molecule has 0 aliphatic carbocycles. The van der Waals surface area contributed by atoms with E-state index in [0.29, 0.717) is 12.8 Å². The van der Waals surface area contributed by atoms with Crippen LogP contribution in [0.3, 0.4) is 0 Å². The summed E-state index contributed by atoms with van der Waals surface area (Å²) in [5.74, 6) is -4.60. The molecule has 0 saturated carbocycles. The normalized spacial score (nSPS) is 11.4. The van der Waals surface area contributed by atoms with Crippen LogP contribution in [0.5, 0.6) is 0 Å². The average molecular weight is 761 g/mol. The summed E-state index contributed by atoms with van der Waals surface area (Å²) in [6, 6.07) is 0. The molecule has 0 aliphatic heterocycles. The molecule has 0 unspecified atom stereocenters. The second-order valence-corrected chi connectivity index (χ2v) is 14.7. The zero-order valence-corrected chi connectivity index (χ0v) is 33.6. The van der Waals surface area contributed by atoms with Gasteiger partial charge in [0.2, 0.25) is 0 Å². The Morgan fingerprint density at radius 2 is 0.491 bits per heavy atom. The third kappa shape index (κ3) is 46.4. The summed E-state index contributed by atoms with van der Waals surface area (Å²) in [7, 11) is 0. The molecule has 0 aromatic heterocycles. The SMILES string of the molecule is CCCCCCCCCCCCCCCCCC/C(=C\C(=O)O)C(=O)O.CCCCCCCCCCCCCCCCCC/C(=C\C(=O)O)C(=O)O.[NaH]. The maximum absolute atomic E-state index is 10.9. The molecular formula is C44H81NaO8. The van der Waals surface area contributed by atoms with Crippen molar-refractivity contribution < 1.29 is 39.6 Å². The van der Waals surface area contributed by atoms with E-state index in [2.05, 4.69) is 13.8 Å². The van der Waals surface area contributed by atoms with E-state index in [4.69, 9.17) is 20.4 Å². The van der Waals surface area contributed by atoms with Gasteiger partial charge in [-0.25, -0.2) is 19.2 Å². The van der Waals surface area contributed by atoms with E-state index < -0.39 is 23.9 Å². The fourth-order valence-electron chi connectivity index (χ4n) is 6.51. The number of carboxylic acids is 4. The number of carboxylic acid groups (broad SMARTS) is 4. The Hall–Kier alpha value is -1.64. The van der Waals surface area contributed by atoms with Crippen molar-refractivity contribution >= 4 is 53.4 Å². The van der Waals surface area contributed by atoms with E-state index in [0.717, 1.165) is 50.7 Å². The zero-order valence-electron chi connectivity index (χ0n) is 33.6. The van der Waals surface area contributed by atoms with Crippen molar-refractivity contribution in [3.05, 3.63) is 23.3 Å². The van der Waals surface area contributed by atoms with E-state index in [9.17, 15) is 19.2 Å². The van der Waals surface area contributed by atoms with E-state index in [1.807, 2.05) is 0 Å². The summed E-state index contributed by atoms with van der Waals surface area (Å²) < 4.78 is 0. The molecule has 0 spiro atoms. The van der Waals surface area contributed by atoms with Gasteiger partial charge in [0.05, 0.1) is 0 Å². The summed E-state index contributed by atoms with van der Waals surface area (Å²) in [5, 5.41) is 35.1. The van der Waals surface area contributed by atoms with Crippen molar-refractivity contribution in [2.45, 2.75) is 232 Å². The van der Waals surface area contributed by atoms with Crippen LogP contribution in [0.1, 0.15) is 232 Å². The Kier molecular flexibility index (Phi) is 47.0. The van der Waals surface area contributed by atoms with Gasteiger partial charge in [-0.1, -0.05) is 206 Å². The predicted molar refractivity (Wildman–Crippen MR) is 222 cm³/mol. The topological polar surface area (TPSA) is 149 Å². The number of hydrogen-bond acceptors (Lipinski definition) is 4. The molecule has 4 N–H and O–H groups in total. The number of carbonyl (C=O) groups is 4. The Morgan fingerprint density at radius 1 is 0.321 bits per heavy atom. The van der Waals surface area contributed by atoms with Gasteiger partial charge in [-0.15, -0.1) is 0 Å². The van der Waals surface area contributed by atoms with Crippen molar-refractivity contribution in [3.8, 4) is 0 Å². The molecule has 0 fully saturated rings. The summed E-state index contributed by atoms with van der Waals surface area (Å²) in [4.78, 5) is 42.9. The van der Waals surface area contributed by atoms with Gasteiger partial charge in [-0.05, 0) is 25.7 Å². The fraction of sp³-hybridized carbons (Fsp3) is 0.818. The summed E-state index contributed by atoms with van der Waals surface area (Å²) in [5.41, 5.74) is 0.00530. The molecule has 0 aliphatic rings. The first-order valence-corrected chi connectivity index (χ1v) is 21.5. The first-order chi connectivity index (χ1) is 25.1. The molecule has 53 heavy (non-hydrogen) atoms. The Morgan fingerprint density at radius 3 is 0.642 bits per heavy atom. The summed E-state index contributed by atoms with van der Waals surface area (Å²) >= 11 is 0. The second-order valence-electron chi connectivity index (χ2n) is 14.7. The van der Waals surface area contributed by atoms with Crippen LogP contribution < -0.4 is 0 Å². The Balaban J connectivity index is -0.000000926. The minimum absolute atomic E-state index is 0. The van der Waals surface area contributed by atoms with Gasteiger partial charge in [0, 0.05) is 23.3 Å². The van der Waals surface area contributed by atoms with Crippen molar-refractivity contribution in [1.82, 2.24) is 0 Å². The third-order valence-electron chi connectivity index (χ3n) is 9.74. The molecular weight excluding hydrogens is 679 g/mol. The van der Waals surface area contributed by atoms with Crippen molar-refractivity contribution in [2.24, 2.45) is 0 Å². The molecule has 0 radical (unpaired) electrons. The van der Waals surface area contributed by atoms with Gasteiger partial charge in [0.1, 0.15) is 0 Å². The van der Waals surface area contributed by atoms with Crippen LogP contribution >= 0.6 is 0 Å². The van der Waals surface area contributed by atoms with Crippen molar-refractivity contribution in [3.63, 3.8) is 0 Å². The van der Waals surface area contributed by atoms with Crippen LogP contribution in [0, 0.1) is 0 Å². The van der Waals surface area contributed by atoms with Crippen molar-refractivity contribution in [2.75, 3.05) is 0 Å². The van der Waals surface area contributed by atoms with Crippen LogP contribution in [0.2, 0.25) is 0 Å². The van der Waals surface area contributed by atoms with Crippen LogP contribution in [-0.2, 0) is 19.2 Å². The van der Waals surface area contributed by atoms with E-state index >= 15 is 0 Å². The molecule has 0 heterocycles. The Bertz CT molecular complexity index is 856. The summed E-state index contributed by atoms with van der Waals surface area (Å²) in [6.07, 6.45) is 43.1. The molecule has 0 atom stereocenters. The van der Waals surface area contributed by atoms with Crippen LogP contribution in [0.25, 0.3) is 0 Å². The first kappa shape index (κ1) is 55.7. The number of rotatable bonds is 38. The quantitative estimate of drug-likeness (QED) is 0.0276. The molecule has 0 aromatic carbocycles. The molecule has 0 saturated heterocycles. The van der Waals surface area contributed by atoms with Gasteiger partial charge >= 0.3 is 53.4 Å². The van der Waals surface area contributed by atoms with Crippen LogP contribution in [0.15, 0.2) is 23.3 Å². The van der Waals surface area contributed by atoms with Gasteiger partial charge in [0.15, 0.2) is 0 Å². The standard InChI is InChI=1S/2C22H40O4.Na.H/c2*1-2-3-4-5-6-7-8-9-10-11-12-13-14-15-16-17-18-20(22(25)26)19-21(23)24;;/h2*19H,2-18H2,1H3,(H,23,24)(H,25,26);;/b2*20-19+;;. The third-order valence-corrected chi connectivity index (χ3v) is 9.74. The monoisotopic (exact) mass is 761 g/mol. The number of unbranched alkanes of at least 4 members (excludes halogenated alkanes) is 30. The molecule has 9 heteroatoms. The van der Waals surface area contributed by atoms with Gasteiger partial charge < -0.3 is 20.4 Å². The van der Waals surface area contributed by atoms with E-state index in [-0.39, 0.29) is 40.7 Å². The van der Waals surface area contributed by atoms with Crippen LogP contribution in [0.4, 0.5) is 0 Å². The predicted octanol–water partition coefficient (Wildman–Crippen LogP) is 12.8. The number of hydrogen-bond donors (Lipinski definition) is 4. The average Bonchev–Trinajstić information content (AvgIpc) is 3.10. The maximum atomic E-state index is 10.9. The molecule has 0 rings (SSSR count). The minimum atomic E-state index is -1.18. The summed E-state index contributed by atoms with van der Waals surface area (Å²) in [6.45, 7) is 4.52. The van der Waals surface area contributed by atoms with Crippen molar-refractivity contribution in [1.29, 1.82) is 0 Å². The molecule has 0 aromatic rings.